The lowest BCUT2D eigenvalue weighted by Crippen LogP contribution is -2.43. The number of rotatable bonds is 6. The maximum absolute atomic E-state index is 14.9. The first-order valence-electron chi connectivity index (χ1n) is 22.3. The van der Waals surface area contributed by atoms with E-state index in [4.69, 9.17) is 9.98 Å². The molecule has 5 atom stereocenters. The highest BCUT2D eigenvalue weighted by Gasteiger charge is 2.59. The van der Waals surface area contributed by atoms with E-state index in [-0.39, 0.29) is 17.9 Å². The Hall–Kier alpha value is -7.94. The van der Waals surface area contributed by atoms with Gasteiger partial charge in [-0.1, -0.05) is 146 Å². The minimum absolute atomic E-state index is 0.149. The van der Waals surface area contributed by atoms with E-state index in [0.717, 1.165) is 83.6 Å². The number of allylic oxidation sites excluding steroid dienone is 4. The molecule has 6 aliphatic rings. The van der Waals surface area contributed by atoms with Gasteiger partial charge in [-0.05, 0) is 83.4 Å². The number of nitrogens with zero attached hydrogens (tertiary/aromatic N) is 4. The highest BCUT2D eigenvalue weighted by Crippen LogP contribution is 2.47. The van der Waals surface area contributed by atoms with Crippen LogP contribution < -0.4 is 20.9 Å². The molecular formula is C57H44N6O2. The number of aromatic nitrogens is 1. The second-order valence-corrected chi connectivity index (χ2v) is 17.4. The van der Waals surface area contributed by atoms with Crippen molar-refractivity contribution in [1.29, 1.82) is 0 Å². The number of amides is 2. The molecule has 2 amide bonds. The van der Waals surface area contributed by atoms with Gasteiger partial charge in [-0.2, -0.15) is 0 Å². The van der Waals surface area contributed by atoms with Gasteiger partial charge in [0.2, 0.25) is 11.8 Å². The van der Waals surface area contributed by atoms with Crippen molar-refractivity contribution in [3.05, 3.63) is 244 Å². The topological polar surface area (TPSA) is 93.2 Å². The molecule has 1 aromatic heterocycles. The lowest BCUT2D eigenvalue weighted by molar-refractivity contribution is -0.123. The number of para-hydroxylation sites is 1. The van der Waals surface area contributed by atoms with E-state index in [0.29, 0.717) is 12.2 Å². The van der Waals surface area contributed by atoms with Crippen molar-refractivity contribution in [2.24, 2.45) is 21.8 Å². The Bertz CT molecular complexity index is 3270. The lowest BCUT2D eigenvalue weighted by Gasteiger charge is -2.31. The first kappa shape index (κ1) is 38.7. The highest BCUT2D eigenvalue weighted by atomic mass is 16.2. The minimum atomic E-state index is -0.587. The van der Waals surface area contributed by atoms with Gasteiger partial charge in [-0.3, -0.25) is 19.5 Å². The highest BCUT2D eigenvalue weighted by molar-refractivity contribution is 6.31. The predicted octanol–water partition coefficient (Wildman–Crippen LogP) is 7.66. The fourth-order valence-electron chi connectivity index (χ4n) is 10.8. The van der Waals surface area contributed by atoms with Gasteiger partial charge < -0.3 is 10.3 Å². The van der Waals surface area contributed by atoms with Crippen LogP contribution in [0.3, 0.4) is 0 Å². The summed E-state index contributed by atoms with van der Waals surface area (Å²) in [6, 6.07) is 54.2. The lowest BCUT2D eigenvalue weighted by atomic mass is 9.82. The zero-order chi connectivity index (χ0) is 43.6. The zero-order valence-electron chi connectivity index (χ0n) is 35.7. The molecule has 0 saturated carbocycles. The Labute approximate surface area is 377 Å². The summed E-state index contributed by atoms with van der Waals surface area (Å²) in [5, 5.41) is 5.98. The third-order valence-corrected chi connectivity index (χ3v) is 13.6. The third-order valence-electron chi connectivity index (χ3n) is 13.6. The number of aliphatic imine (C=N–C) groups is 2. The number of likely N-dealkylation sites (tertiary alicyclic amines) is 1. The van der Waals surface area contributed by atoms with Crippen LogP contribution in [0.5, 0.6) is 0 Å². The minimum Gasteiger partial charge on any atom is -0.374 e. The first-order valence-corrected chi connectivity index (χ1v) is 22.3. The van der Waals surface area contributed by atoms with Gasteiger partial charge in [-0.25, -0.2) is 9.89 Å². The molecular weight excluding hydrogens is 801 g/mol. The van der Waals surface area contributed by atoms with Crippen molar-refractivity contribution in [3.63, 3.8) is 0 Å². The van der Waals surface area contributed by atoms with E-state index >= 15 is 0 Å². The van der Waals surface area contributed by atoms with Crippen LogP contribution in [0.4, 0.5) is 5.69 Å². The van der Waals surface area contributed by atoms with Crippen LogP contribution in [0.15, 0.2) is 221 Å². The van der Waals surface area contributed by atoms with Gasteiger partial charge in [0.15, 0.2) is 0 Å². The molecule has 2 unspecified atom stereocenters. The molecule has 8 nitrogen and oxygen atoms in total. The van der Waals surface area contributed by atoms with Gasteiger partial charge in [0.05, 0.1) is 46.7 Å². The summed E-state index contributed by atoms with van der Waals surface area (Å²) >= 11 is 0. The number of hydrogen-bond acceptors (Lipinski definition) is 6. The number of benzene rings is 5. The number of fused-ring (bicyclic) bond motifs is 7. The number of carbonyl (C=O) groups is 2. The summed E-state index contributed by atoms with van der Waals surface area (Å²) in [7, 11) is 2.05. The maximum atomic E-state index is 14.9. The molecule has 8 bridgehead atoms. The summed E-state index contributed by atoms with van der Waals surface area (Å²) in [5.41, 5.74) is 13.2. The predicted molar refractivity (Wildman–Crippen MR) is 259 cm³/mol. The van der Waals surface area contributed by atoms with Gasteiger partial charge in [0.1, 0.15) is 0 Å². The average molecular weight is 845 g/mol. The summed E-state index contributed by atoms with van der Waals surface area (Å²) in [5.74, 6) is -1.39. The van der Waals surface area contributed by atoms with Crippen LogP contribution in [0.25, 0.3) is 22.3 Å². The molecule has 2 N–H and O–H groups in total. The molecule has 0 aliphatic carbocycles. The number of anilines is 1. The molecule has 8 heteroatoms. The first-order chi connectivity index (χ1) is 32.0. The Morgan fingerprint density at radius 3 is 1.75 bits per heavy atom. The second kappa shape index (κ2) is 15.7. The number of carbonyl (C=O) groups excluding carboxylic acids is 2. The quantitative estimate of drug-likeness (QED) is 0.169. The Morgan fingerprint density at radius 1 is 0.585 bits per heavy atom. The Kier molecular flexibility index (Phi) is 9.35. The van der Waals surface area contributed by atoms with Gasteiger partial charge in [-0.15, -0.1) is 0 Å². The fraction of sp³-hybridized carbons (Fsp3) is 0.123. The standard InChI is InChI=1S/C57H44N6O2/c1-62-34-41-53(57(65)63(56(41)64)39-25-15-6-16-26-39)55(62)40-33-48-51(37-21-11-4-12-22-37)46-30-29-44(59-46)49(35-17-7-2-8-18-35)42-27-28-43(58-42)50(36-19-9-3-10-20-36)45-31-32-47(60-45)52(54(40)61-48)38-23-13-5-14-24-38/h2-33,41,46,53-55,58,61H,34H2,1H3/b49-42-,50-43-,51-48-,52-47-/t41-,46?,53-,54?,55-/m1/s1. The van der Waals surface area contributed by atoms with Crippen molar-refractivity contribution in [2.75, 3.05) is 18.5 Å². The molecule has 65 heavy (non-hydrogen) atoms. The zero-order valence-corrected chi connectivity index (χ0v) is 35.7. The summed E-state index contributed by atoms with van der Waals surface area (Å²) in [6.45, 7) is 0.460. The molecule has 6 aliphatic heterocycles. The van der Waals surface area contributed by atoms with E-state index in [2.05, 4.69) is 155 Å². The van der Waals surface area contributed by atoms with Gasteiger partial charge in [0, 0.05) is 51.3 Å². The number of likely N-dealkylation sites (N-methyl/N-ethyl adjacent to an activating group) is 1. The van der Waals surface area contributed by atoms with Crippen molar-refractivity contribution in [3.8, 4) is 0 Å². The second-order valence-electron chi connectivity index (χ2n) is 17.4. The van der Waals surface area contributed by atoms with Gasteiger partial charge in [0.25, 0.3) is 0 Å². The number of H-pyrrole nitrogens is 1. The van der Waals surface area contributed by atoms with Crippen LogP contribution in [-0.4, -0.2) is 64.8 Å². The van der Waals surface area contributed by atoms with Crippen LogP contribution >= 0.6 is 0 Å². The Morgan fingerprint density at radius 2 is 1.14 bits per heavy atom. The molecule has 5 aromatic carbocycles. The molecule has 314 valence electrons. The van der Waals surface area contributed by atoms with Crippen LogP contribution in [-0.2, 0) is 9.59 Å². The van der Waals surface area contributed by atoms with Gasteiger partial charge >= 0.3 is 0 Å². The van der Waals surface area contributed by atoms with E-state index in [9.17, 15) is 9.59 Å². The summed E-state index contributed by atoms with van der Waals surface area (Å²) in [6.07, 6.45) is 10.8. The molecule has 6 aromatic rings. The fourth-order valence-corrected chi connectivity index (χ4v) is 10.8. The summed E-state index contributed by atoms with van der Waals surface area (Å²) < 4.78 is 0. The van der Waals surface area contributed by atoms with Crippen LogP contribution in [0, 0.1) is 11.8 Å². The molecule has 2 saturated heterocycles. The van der Waals surface area contributed by atoms with Crippen molar-refractivity contribution in [1.82, 2.24) is 15.2 Å². The monoisotopic (exact) mass is 844 g/mol. The molecule has 12 rings (SSSR count). The van der Waals surface area contributed by atoms with Crippen LogP contribution in [0.2, 0.25) is 0 Å². The van der Waals surface area contributed by atoms with E-state index in [1.165, 1.54) is 4.90 Å². The normalized spacial score (nSPS) is 27.5. The summed E-state index contributed by atoms with van der Waals surface area (Å²) in [4.78, 5) is 47.8. The van der Waals surface area contributed by atoms with Crippen LogP contribution in [0.1, 0.15) is 22.3 Å². The maximum Gasteiger partial charge on any atom is 0.239 e. The average Bonchev–Trinajstić information content (AvgIpc) is 4.23. The molecule has 0 radical (unpaired) electrons. The number of hydrogen-bond donors (Lipinski definition) is 2. The number of aromatic amines is 1. The van der Waals surface area contributed by atoms with E-state index in [1.807, 2.05) is 61.6 Å². The van der Waals surface area contributed by atoms with E-state index in [1.54, 1.807) is 0 Å². The Balaban J connectivity index is 1.15. The number of imide groups is 1. The number of nitrogens with one attached hydrogen (secondary N) is 2. The van der Waals surface area contributed by atoms with Crippen molar-refractivity contribution >= 4 is 51.2 Å². The molecule has 2 fully saturated rings. The molecule has 7 heterocycles. The van der Waals surface area contributed by atoms with Crippen molar-refractivity contribution in [2.45, 2.75) is 18.1 Å². The largest absolute Gasteiger partial charge is 0.374 e. The van der Waals surface area contributed by atoms with Crippen molar-refractivity contribution < 1.29 is 9.59 Å². The van der Waals surface area contributed by atoms with E-state index < -0.39 is 23.9 Å². The SMILES string of the molecule is CN1C[C@H]2C(=O)N(c3ccccc3)C(=O)[C@H]2[C@H]1C1=C/C2=C(\c3ccccc3)C3C=CC(=N3)/C(c3ccccc3)=c3/cc/c([nH]3)=C(\c3ccccc3)C3=N/C(=C(/c4ccccc4)C1N2)C=C3. The third kappa shape index (κ3) is 6.48. The smallest absolute Gasteiger partial charge is 0.239 e. The molecule has 0 spiro atoms.